The highest BCUT2D eigenvalue weighted by atomic mass is 16.7. The summed E-state index contributed by atoms with van der Waals surface area (Å²) < 4.78 is 10.5. The minimum absolute atomic E-state index is 0.0332. The van der Waals surface area contributed by atoms with Crippen LogP contribution in [0.15, 0.2) is 36.4 Å². The molecular weight excluding hydrogens is 652 g/mol. The van der Waals surface area contributed by atoms with Crippen LogP contribution in [-0.4, -0.2) is 101 Å². The molecular formula is C32H37B2N5O11. The maximum atomic E-state index is 14.0. The van der Waals surface area contributed by atoms with Crippen LogP contribution >= 0.6 is 0 Å². The molecule has 0 radical (unpaired) electrons. The summed E-state index contributed by atoms with van der Waals surface area (Å²) in [7, 11) is -2.34. The Labute approximate surface area is 287 Å². The third kappa shape index (κ3) is 7.58. The fourth-order valence-electron chi connectivity index (χ4n) is 6.61. The summed E-state index contributed by atoms with van der Waals surface area (Å²) in [5.74, 6) is -3.73. The smallest absolute Gasteiger partial charge is 0.423 e. The largest absolute Gasteiger partial charge is 0.491 e. The van der Waals surface area contributed by atoms with Crippen molar-refractivity contribution in [3.8, 4) is 0 Å². The lowest BCUT2D eigenvalue weighted by molar-refractivity contribution is -0.197. The van der Waals surface area contributed by atoms with Gasteiger partial charge in [0.1, 0.15) is 6.04 Å². The van der Waals surface area contributed by atoms with Crippen molar-refractivity contribution < 1.29 is 53.0 Å². The lowest BCUT2D eigenvalue weighted by Gasteiger charge is -2.27. The fourth-order valence-corrected chi connectivity index (χ4v) is 6.61. The SMILES string of the molecule is NCCCC[C@@H](CC(=O)ON1C(=O)CCC1=O)NC(=O)[C@@H]1C[C@@H](NC(=O)c2ccc3c(c2)B(O)OC3)CN1C(=O)c1ccc2c(c1)B(O)OC2. The zero-order valence-electron chi connectivity index (χ0n) is 27.2. The third-order valence-electron chi connectivity index (χ3n) is 9.29. The molecule has 4 aliphatic heterocycles. The summed E-state index contributed by atoms with van der Waals surface area (Å²) in [6.07, 6.45) is 1.01. The summed E-state index contributed by atoms with van der Waals surface area (Å²) in [6, 6.07) is 7.07. The van der Waals surface area contributed by atoms with Crippen LogP contribution in [0.25, 0.3) is 0 Å². The van der Waals surface area contributed by atoms with Crippen LogP contribution in [-0.2, 0) is 46.5 Å². The van der Waals surface area contributed by atoms with Crippen molar-refractivity contribution >= 4 is 60.7 Å². The molecule has 16 nitrogen and oxygen atoms in total. The molecule has 4 aliphatic rings. The van der Waals surface area contributed by atoms with Crippen LogP contribution in [0.2, 0.25) is 0 Å². The van der Waals surface area contributed by atoms with Crippen molar-refractivity contribution in [1.82, 2.24) is 20.6 Å². The van der Waals surface area contributed by atoms with Gasteiger partial charge in [-0.1, -0.05) is 18.6 Å². The van der Waals surface area contributed by atoms with Gasteiger partial charge in [0.2, 0.25) is 5.91 Å². The second kappa shape index (κ2) is 15.1. The Balaban J connectivity index is 1.20. The fraction of sp³-hybridized carbons (Fsp3) is 0.438. The van der Waals surface area contributed by atoms with Gasteiger partial charge in [0.15, 0.2) is 0 Å². The first-order valence-electron chi connectivity index (χ1n) is 16.6. The number of amides is 5. The zero-order valence-corrected chi connectivity index (χ0v) is 27.2. The second-order valence-corrected chi connectivity index (χ2v) is 12.8. The number of unbranched alkanes of at least 4 members (excludes halogenated alkanes) is 1. The van der Waals surface area contributed by atoms with Gasteiger partial charge in [0.25, 0.3) is 23.6 Å². The molecule has 50 heavy (non-hydrogen) atoms. The van der Waals surface area contributed by atoms with Crippen molar-refractivity contribution in [2.45, 2.75) is 76.3 Å². The molecule has 2 aromatic rings. The number of rotatable bonds is 12. The average Bonchev–Trinajstić information content (AvgIpc) is 3.87. The van der Waals surface area contributed by atoms with E-state index in [-0.39, 0.29) is 56.6 Å². The van der Waals surface area contributed by atoms with E-state index in [0.717, 1.165) is 11.1 Å². The molecule has 262 valence electrons. The van der Waals surface area contributed by atoms with Crippen molar-refractivity contribution in [3.63, 3.8) is 0 Å². The molecule has 6 N–H and O–H groups in total. The van der Waals surface area contributed by atoms with E-state index in [0.29, 0.717) is 41.8 Å². The zero-order chi connectivity index (χ0) is 35.5. The highest BCUT2D eigenvalue weighted by Gasteiger charge is 2.42. The number of carbonyl (C=O) groups is 6. The second-order valence-electron chi connectivity index (χ2n) is 12.8. The summed E-state index contributed by atoms with van der Waals surface area (Å²) in [4.78, 5) is 84.4. The molecule has 2 fully saturated rings. The third-order valence-corrected chi connectivity index (χ3v) is 9.29. The Kier molecular flexibility index (Phi) is 10.6. The molecule has 0 aromatic heterocycles. The summed E-state index contributed by atoms with van der Waals surface area (Å²) in [5.41, 5.74) is 8.53. The van der Waals surface area contributed by atoms with E-state index < -0.39 is 67.9 Å². The van der Waals surface area contributed by atoms with Crippen molar-refractivity contribution in [3.05, 3.63) is 58.7 Å². The first-order chi connectivity index (χ1) is 24.0. The Morgan fingerprint density at radius 2 is 1.56 bits per heavy atom. The molecule has 0 spiro atoms. The minimum atomic E-state index is -1.20. The maximum absolute atomic E-state index is 14.0. The Morgan fingerprint density at radius 1 is 0.940 bits per heavy atom. The molecule has 4 heterocycles. The van der Waals surface area contributed by atoms with Crippen LogP contribution in [0.1, 0.15) is 76.8 Å². The van der Waals surface area contributed by atoms with Crippen molar-refractivity contribution in [2.24, 2.45) is 5.73 Å². The van der Waals surface area contributed by atoms with Crippen LogP contribution < -0.4 is 27.3 Å². The molecule has 18 heteroatoms. The summed E-state index contributed by atoms with van der Waals surface area (Å²) in [6.45, 7) is 0.757. The predicted octanol–water partition coefficient (Wildman–Crippen LogP) is -2.25. The van der Waals surface area contributed by atoms with Gasteiger partial charge < -0.3 is 45.5 Å². The first kappa shape index (κ1) is 35.2. The maximum Gasteiger partial charge on any atom is 0.491 e. The van der Waals surface area contributed by atoms with Gasteiger partial charge in [0, 0.05) is 42.6 Å². The van der Waals surface area contributed by atoms with Crippen LogP contribution in [0.3, 0.4) is 0 Å². The Bertz CT molecular complexity index is 1690. The van der Waals surface area contributed by atoms with Gasteiger partial charge in [-0.2, -0.15) is 0 Å². The van der Waals surface area contributed by atoms with Gasteiger partial charge in [-0.3, -0.25) is 24.0 Å². The number of imide groups is 1. The van der Waals surface area contributed by atoms with E-state index in [1.807, 2.05) is 0 Å². The number of nitrogens with one attached hydrogen (secondary N) is 2. The van der Waals surface area contributed by atoms with E-state index in [9.17, 15) is 38.8 Å². The Morgan fingerprint density at radius 3 is 2.20 bits per heavy atom. The normalized spacial score (nSPS) is 20.2. The molecule has 0 aliphatic carbocycles. The van der Waals surface area contributed by atoms with E-state index in [1.165, 1.54) is 17.0 Å². The number of carbonyl (C=O) groups excluding carboxylic acids is 6. The molecule has 5 amide bonds. The lowest BCUT2D eigenvalue weighted by Crippen LogP contribution is -2.49. The van der Waals surface area contributed by atoms with Crippen LogP contribution in [0, 0.1) is 0 Å². The van der Waals surface area contributed by atoms with Crippen LogP contribution in [0.5, 0.6) is 0 Å². The number of likely N-dealkylation sites (tertiary alicyclic amines) is 1. The number of benzene rings is 2. The quantitative estimate of drug-likeness (QED) is 0.0905. The van der Waals surface area contributed by atoms with E-state index in [2.05, 4.69) is 10.6 Å². The number of nitrogens with two attached hydrogens (primary N) is 1. The molecule has 0 saturated carbocycles. The van der Waals surface area contributed by atoms with Gasteiger partial charge >= 0.3 is 20.2 Å². The van der Waals surface area contributed by atoms with Gasteiger partial charge in [-0.15, -0.1) is 5.06 Å². The standard InChI is InChI=1S/C32H37B2N5O11/c35-10-2-1-3-22(14-29(42)50-39-27(40)8-9-28(39)41)36-31(44)26-13-23(37-30(43)18-4-6-20-16-48-33(46)24(20)11-18)15-38(26)32(45)19-5-7-21-17-49-34(47)25(21)12-19/h4-7,11-12,22-23,26,46-47H,1-3,8-10,13-17,35H2,(H,36,44)(H,37,43)/t22-,23+,26-/m0/s1. The van der Waals surface area contributed by atoms with Crippen molar-refractivity contribution in [2.75, 3.05) is 13.1 Å². The topological polar surface area (TPSA) is 227 Å². The van der Waals surface area contributed by atoms with Crippen molar-refractivity contribution in [1.29, 1.82) is 0 Å². The number of nitrogens with zero attached hydrogens (tertiary/aromatic N) is 2. The molecule has 6 rings (SSSR count). The molecule has 3 atom stereocenters. The average molecular weight is 689 g/mol. The number of hydroxylamine groups is 2. The minimum Gasteiger partial charge on any atom is -0.423 e. The highest BCUT2D eigenvalue weighted by Crippen LogP contribution is 2.24. The highest BCUT2D eigenvalue weighted by molar-refractivity contribution is 6.62. The van der Waals surface area contributed by atoms with Gasteiger partial charge in [-0.05, 0) is 72.1 Å². The molecule has 0 bridgehead atoms. The first-order valence-corrected chi connectivity index (χ1v) is 16.6. The molecule has 0 unspecified atom stereocenters. The number of hydrogen-bond acceptors (Lipinski definition) is 12. The number of hydrogen-bond donors (Lipinski definition) is 5. The summed E-state index contributed by atoms with van der Waals surface area (Å²) >= 11 is 0. The van der Waals surface area contributed by atoms with Crippen LogP contribution in [0.4, 0.5) is 0 Å². The Hall–Kier alpha value is -4.61. The molecule has 2 saturated heterocycles. The van der Waals surface area contributed by atoms with E-state index >= 15 is 0 Å². The monoisotopic (exact) mass is 689 g/mol. The predicted molar refractivity (Wildman–Crippen MR) is 175 cm³/mol. The number of fused-ring (bicyclic) bond motifs is 2. The summed E-state index contributed by atoms with van der Waals surface area (Å²) in [5, 5.41) is 26.5. The van der Waals surface area contributed by atoms with E-state index in [1.54, 1.807) is 24.3 Å². The van der Waals surface area contributed by atoms with E-state index in [4.69, 9.17) is 19.9 Å². The lowest BCUT2D eigenvalue weighted by atomic mass is 9.78. The van der Waals surface area contributed by atoms with Gasteiger partial charge in [0.05, 0.1) is 19.6 Å². The van der Waals surface area contributed by atoms with Gasteiger partial charge in [-0.25, -0.2) is 4.79 Å². The molecule has 2 aromatic carbocycles.